The molecule has 0 spiro atoms. The molecule has 2 rings (SSSR count). The van der Waals surface area contributed by atoms with Crippen LogP contribution in [0.4, 0.5) is 10.8 Å². The first kappa shape index (κ1) is 20.5. The molecule has 0 atom stereocenters. The molecule has 3 N–H and O–H groups in total. The summed E-state index contributed by atoms with van der Waals surface area (Å²) < 4.78 is 0. The quantitative estimate of drug-likeness (QED) is 0.607. The fourth-order valence-electron chi connectivity index (χ4n) is 1.94. The second kappa shape index (κ2) is 9.75. The largest absolute Gasteiger partial charge is 0.356 e. The van der Waals surface area contributed by atoms with Gasteiger partial charge in [0, 0.05) is 24.9 Å². The summed E-state index contributed by atoms with van der Waals surface area (Å²) in [6.07, 6.45) is 0.228. The molecule has 0 fully saturated rings. The van der Waals surface area contributed by atoms with Gasteiger partial charge in [-0.25, -0.2) is 4.98 Å². The number of amides is 2. The number of halogens is 2. The second-order valence-electron chi connectivity index (χ2n) is 5.97. The molecule has 9 heteroatoms. The Morgan fingerprint density at radius 1 is 1.23 bits per heavy atom. The van der Waals surface area contributed by atoms with Crippen LogP contribution in [0.25, 0.3) is 0 Å². The van der Waals surface area contributed by atoms with Crippen molar-refractivity contribution < 1.29 is 9.59 Å². The molecule has 2 aromatic rings. The van der Waals surface area contributed by atoms with Gasteiger partial charge in [0.15, 0.2) is 5.13 Å². The third-order valence-electron chi connectivity index (χ3n) is 3.28. The van der Waals surface area contributed by atoms with Crippen molar-refractivity contribution in [2.24, 2.45) is 5.92 Å². The highest BCUT2D eigenvalue weighted by Crippen LogP contribution is 2.32. The van der Waals surface area contributed by atoms with Crippen molar-refractivity contribution in [2.45, 2.75) is 20.3 Å². The summed E-state index contributed by atoms with van der Waals surface area (Å²) in [7, 11) is 0. The molecule has 0 unspecified atom stereocenters. The molecular formula is C17H20Cl2N4O2S. The summed E-state index contributed by atoms with van der Waals surface area (Å²) in [5.74, 6) is -0.0270. The first-order valence-electron chi connectivity index (χ1n) is 8.08. The maximum Gasteiger partial charge on any atom is 0.270 e. The third-order valence-corrected chi connectivity index (χ3v) is 4.85. The van der Waals surface area contributed by atoms with Crippen LogP contribution in [0.1, 0.15) is 30.8 Å². The highest BCUT2D eigenvalue weighted by Gasteiger charge is 2.12. The molecule has 6 nitrogen and oxygen atoms in total. The van der Waals surface area contributed by atoms with Crippen molar-refractivity contribution in [2.75, 3.05) is 18.4 Å². The lowest BCUT2D eigenvalue weighted by Crippen LogP contribution is -2.32. The van der Waals surface area contributed by atoms with E-state index in [1.54, 1.807) is 23.6 Å². The average Bonchev–Trinajstić information content (AvgIpc) is 3.06. The molecule has 0 aliphatic rings. The van der Waals surface area contributed by atoms with E-state index in [1.165, 1.54) is 11.3 Å². The number of benzene rings is 1. The molecule has 26 heavy (non-hydrogen) atoms. The number of carbonyl (C=O) groups excluding carboxylic acids is 2. The maximum absolute atomic E-state index is 12.1. The third kappa shape index (κ3) is 6.16. The number of nitrogens with zero attached hydrogens (tertiary/aromatic N) is 1. The van der Waals surface area contributed by atoms with Gasteiger partial charge in [-0.1, -0.05) is 43.1 Å². The lowest BCUT2D eigenvalue weighted by atomic mass is 10.2. The van der Waals surface area contributed by atoms with Crippen LogP contribution in [0.2, 0.25) is 10.0 Å². The summed E-state index contributed by atoms with van der Waals surface area (Å²) in [5, 5.41) is 11.5. The van der Waals surface area contributed by atoms with E-state index in [4.69, 9.17) is 23.2 Å². The summed E-state index contributed by atoms with van der Waals surface area (Å²) in [6, 6.07) is 5.22. The van der Waals surface area contributed by atoms with Crippen LogP contribution in [0.3, 0.4) is 0 Å². The summed E-state index contributed by atoms with van der Waals surface area (Å²) >= 11 is 13.4. The highest BCUT2D eigenvalue weighted by molar-refractivity contribution is 7.14. The van der Waals surface area contributed by atoms with E-state index in [2.05, 4.69) is 20.9 Å². The Kier molecular flexibility index (Phi) is 7.68. The van der Waals surface area contributed by atoms with Crippen molar-refractivity contribution in [3.05, 3.63) is 39.3 Å². The summed E-state index contributed by atoms with van der Waals surface area (Å²) in [5.41, 5.74) is 0.889. The zero-order valence-corrected chi connectivity index (χ0v) is 16.8. The molecule has 2 amide bonds. The first-order chi connectivity index (χ1) is 12.4. The number of aromatic nitrogens is 1. The molecule has 1 aromatic carbocycles. The molecule has 0 aliphatic heterocycles. The van der Waals surface area contributed by atoms with Gasteiger partial charge in [0.25, 0.3) is 5.91 Å². The van der Waals surface area contributed by atoms with Gasteiger partial charge >= 0.3 is 0 Å². The zero-order chi connectivity index (χ0) is 19.1. The van der Waals surface area contributed by atoms with Gasteiger partial charge in [0.1, 0.15) is 5.69 Å². The molecule has 140 valence electrons. The molecule has 0 aliphatic carbocycles. The molecule has 1 aromatic heterocycles. The van der Waals surface area contributed by atoms with Crippen molar-refractivity contribution in [1.29, 1.82) is 0 Å². The predicted octanol–water partition coefficient (Wildman–Crippen LogP) is 4.09. The minimum absolute atomic E-state index is 0.0877. The van der Waals surface area contributed by atoms with Crippen LogP contribution in [-0.2, 0) is 4.79 Å². The zero-order valence-electron chi connectivity index (χ0n) is 14.4. The van der Waals surface area contributed by atoms with Crippen LogP contribution in [0.5, 0.6) is 0 Å². The van der Waals surface area contributed by atoms with Gasteiger partial charge < -0.3 is 16.0 Å². The lowest BCUT2D eigenvalue weighted by Gasteiger charge is -2.08. The number of hydrogen-bond acceptors (Lipinski definition) is 5. The van der Waals surface area contributed by atoms with Crippen LogP contribution in [-0.4, -0.2) is 29.9 Å². The molecule has 0 radical (unpaired) electrons. The predicted molar refractivity (Wildman–Crippen MR) is 107 cm³/mol. The topological polar surface area (TPSA) is 83.1 Å². The minimum Gasteiger partial charge on any atom is -0.356 e. The van der Waals surface area contributed by atoms with Gasteiger partial charge in [-0.2, -0.15) is 0 Å². The number of carbonyl (C=O) groups is 2. The minimum atomic E-state index is -0.330. The fourth-order valence-corrected chi connectivity index (χ4v) is 2.99. The molecular weight excluding hydrogens is 395 g/mol. The molecule has 0 saturated heterocycles. The average molecular weight is 415 g/mol. The van der Waals surface area contributed by atoms with Crippen LogP contribution >= 0.6 is 34.5 Å². The molecule has 0 saturated carbocycles. The normalized spacial score (nSPS) is 10.7. The Morgan fingerprint density at radius 2 is 2.00 bits per heavy atom. The Bertz CT molecular complexity index is 780. The van der Waals surface area contributed by atoms with Crippen LogP contribution in [0.15, 0.2) is 23.6 Å². The first-order valence-corrected chi connectivity index (χ1v) is 9.72. The van der Waals surface area contributed by atoms with Crippen molar-refractivity contribution in [1.82, 2.24) is 15.6 Å². The van der Waals surface area contributed by atoms with Crippen LogP contribution < -0.4 is 16.0 Å². The van der Waals surface area contributed by atoms with E-state index in [0.717, 1.165) is 0 Å². The van der Waals surface area contributed by atoms with Gasteiger partial charge in [-0.3, -0.25) is 9.59 Å². The highest BCUT2D eigenvalue weighted by atomic mass is 35.5. The van der Waals surface area contributed by atoms with Gasteiger partial charge in [0.05, 0.1) is 15.7 Å². The van der Waals surface area contributed by atoms with E-state index in [-0.39, 0.29) is 30.5 Å². The lowest BCUT2D eigenvalue weighted by molar-refractivity contribution is -0.121. The SMILES string of the molecule is CC(C)CNC(=O)CCNC(=O)c1csc(Nc2cccc(Cl)c2Cl)n1. The van der Waals surface area contributed by atoms with E-state index >= 15 is 0 Å². The second-order valence-corrected chi connectivity index (χ2v) is 7.61. The van der Waals surface area contributed by atoms with Gasteiger partial charge in [-0.05, 0) is 18.1 Å². The summed E-state index contributed by atoms with van der Waals surface area (Å²) in [6.45, 7) is 4.92. The number of anilines is 2. The van der Waals surface area contributed by atoms with E-state index in [9.17, 15) is 9.59 Å². The van der Waals surface area contributed by atoms with Gasteiger partial charge in [0.2, 0.25) is 5.91 Å². The molecule has 1 heterocycles. The molecule has 0 bridgehead atoms. The van der Waals surface area contributed by atoms with E-state index in [0.29, 0.717) is 33.3 Å². The van der Waals surface area contributed by atoms with E-state index in [1.807, 2.05) is 13.8 Å². The van der Waals surface area contributed by atoms with Gasteiger partial charge in [-0.15, -0.1) is 11.3 Å². The summed E-state index contributed by atoms with van der Waals surface area (Å²) in [4.78, 5) is 28.0. The maximum atomic E-state index is 12.1. The van der Waals surface area contributed by atoms with Crippen molar-refractivity contribution in [3.63, 3.8) is 0 Å². The number of hydrogen-bond donors (Lipinski definition) is 3. The van der Waals surface area contributed by atoms with Crippen molar-refractivity contribution >= 4 is 57.2 Å². The van der Waals surface area contributed by atoms with Crippen LogP contribution in [0, 0.1) is 5.92 Å². The standard InChI is InChI=1S/C17H20Cl2N4O2S/c1-10(2)8-21-14(24)6-7-20-16(25)13-9-26-17(23-13)22-12-5-3-4-11(18)15(12)19/h3-5,9-10H,6-8H2,1-2H3,(H,20,25)(H,21,24)(H,22,23). The smallest absolute Gasteiger partial charge is 0.270 e. The Labute approximate surface area is 166 Å². The van der Waals surface area contributed by atoms with E-state index < -0.39 is 0 Å². The Hall–Kier alpha value is -1.83. The fraction of sp³-hybridized carbons (Fsp3) is 0.353. The Morgan fingerprint density at radius 3 is 2.73 bits per heavy atom. The Balaban J connectivity index is 1.84. The van der Waals surface area contributed by atoms with Crippen molar-refractivity contribution in [3.8, 4) is 0 Å². The number of nitrogens with one attached hydrogen (secondary N) is 3. The number of thiazole rings is 1. The monoisotopic (exact) mass is 414 g/mol. The number of rotatable bonds is 8.